The summed E-state index contributed by atoms with van der Waals surface area (Å²) in [5.74, 6) is 0.128. The molecule has 0 spiro atoms. The van der Waals surface area contributed by atoms with Crippen LogP contribution < -0.4 is 5.73 Å². The first kappa shape index (κ1) is 13.8. The first-order valence-electron chi connectivity index (χ1n) is 4.90. The third-order valence-electron chi connectivity index (χ3n) is 2.43. The molecule has 0 heterocycles. The quantitative estimate of drug-likeness (QED) is 0.489. The Bertz CT molecular complexity index is 171. The van der Waals surface area contributed by atoms with Gasteiger partial charge in [-0.3, -0.25) is 4.79 Å². The fourth-order valence-corrected chi connectivity index (χ4v) is 2.62. The number of Topliss-reactive ketones (excluding diaryl/α,β-unsaturated/α-hetero) is 1. The van der Waals surface area contributed by atoms with Crippen LogP contribution >= 0.6 is 0 Å². The summed E-state index contributed by atoms with van der Waals surface area (Å²) in [4.78, 5) is 10.9. The summed E-state index contributed by atoms with van der Waals surface area (Å²) in [6.45, 7) is 2.18. The number of ketones is 1. The van der Waals surface area contributed by atoms with E-state index in [-0.39, 0.29) is 12.3 Å². The fourth-order valence-electron chi connectivity index (χ4n) is 1.16. The fraction of sp³-hybridized carbons (Fsp3) is 0.889. The van der Waals surface area contributed by atoms with Crippen molar-refractivity contribution in [2.75, 3.05) is 20.8 Å². The second-order valence-electron chi connectivity index (χ2n) is 3.49. The average molecular weight is 219 g/mol. The molecule has 0 aromatic heterocycles. The first-order valence-corrected chi connectivity index (χ1v) is 7.42. The number of carbonyl (C=O) groups is 1. The summed E-state index contributed by atoms with van der Waals surface area (Å²) in [5, 5.41) is 0. The van der Waals surface area contributed by atoms with Gasteiger partial charge in [-0.25, -0.2) is 0 Å². The Kier molecular flexibility index (Phi) is 6.99. The molecule has 0 aliphatic heterocycles. The highest BCUT2D eigenvalue weighted by Gasteiger charge is 2.27. The standard InChI is InChI=1S/C9H21NO3Si/c1-12-14(3,13-2)7-5-4-6-9(11)8-10/h4-8,10H2,1-3H3. The summed E-state index contributed by atoms with van der Waals surface area (Å²) < 4.78 is 10.7. The van der Waals surface area contributed by atoms with Crippen LogP contribution in [0.4, 0.5) is 0 Å². The van der Waals surface area contributed by atoms with Crippen LogP contribution in [0, 0.1) is 0 Å². The van der Waals surface area contributed by atoms with E-state index < -0.39 is 8.56 Å². The molecule has 5 heteroatoms. The molecule has 0 saturated carbocycles. The highest BCUT2D eigenvalue weighted by Crippen LogP contribution is 2.15. The van der Waals surface area contributed by atoms with Crippen molar-refractivity contribution in [1.29, 1.82) is 0 Å². The zero-order valence-electron chi connectivity index (χ0n) is 9.34. The van der Waals surface area contributed by atoms with Gasteiger partial charge in [0.15, 0.2) is 0 Å². The molecule has 0 atom stereocenters. The van der Waals surface area contributed by atoms with E-state index in [1.54, 1.807) is 14.2 Å². The molecule has 0 bridgehead atoms. The van der Waals surface area contributed by atoms with Gasteiger partial charge in [-0.05, 0) is 19.0 Å². The Morgan fingerprint density at radius 3 is 2.29 bits per heavy atom. The number of rotatable bonds is 8. The lowest BCUT2D eigenvalue weighted by atomic mass is 10.2. The van der Waals surface area contributed by atoms with E-state index in [0.29, 0.717) is 6.42 Å². The highest BCUT2D eigenvalue weighted by molar-refractivity contribution is 6.65. The molecule has 0 amide bonds. The number of unbranched alkanes of at least 4 members (excludes halogenated alkanes) is 1. The minimum absolute atomic E-state index is 0.128. The van der Waals surface area contributed by atoms with Crippen LogP contribution in [0.25, 0.3) is 0 Å². The zero-order valence-corrected chi connectivity index (χ0v) is 10.3. The molecule has 0 saturated heterocycles. The summed E-state index contributed by atoms with van der Waals surface area (Å²) in [5.41, 5.74) is 5.20. The smallest absolute Gasteiger partial charge is 0.334 e. The lowest BCUT2D eigenvalue weighted by Gasteiger charge is -2.22. The van der Waals surface area contributed by atoms with Crippen LogP contribution in [-0.4, -0.2) is 35.1 Å². The van der Waals surface area contributed by atoms with Gasteiger partial charge in [-0.1, -0.05) is 6.42 Å². The highest BCUT2D eigenvalue weighted by atomic mass is 28.4. The van der Waals surface area contributed by atoms with Crippen LogP contribution in [0.15, 0.2) is 0 Å². The average Bonchev–Trinajstić information content (AvgIpc) is 2.23. The second kappa shape index (κ2) is 7.11. The first-order chi connectivity index (χ1) is 6.58. The lowest BCUT2D eigenvalue weighted by molar-refractivity contribution is -0.117. The van der Waals surface area contributed by atoms with Crippen LogP contribution in [0.5, 0.6) is 0 Å². The molecule has 0 aromatic carbocycles. The van der Waals surface area contributed by atoms with Crippen molar-refractivity contribution in [2.24, 2.45) is 5.73 Å². The van der Waals surface area contributed by atoms with E-state index in [2.05, 4.69) is 0 Å². The predicted octanol–water partition coefficient (Wildman–Crippen LogP) is 1.05. The molecule has 4 nitrogen and oxygen atoms in total. The van der Waals surface area contributed by atoms with E-state index in [0.717, 1.165) is 18.9 Å². The predicted molar refractivity (Wildman–Crippen MR) is 58.4 cm³/mol. The van der Waals surface area contributed by atoms with E-state index >= 15 is 0 Å². The van der Waals surface area contributed by atoms with Crippen molar-refractivity contribution in [3.05, 3.63) is 0 Å². The van der Waals surface area contributed by atoms with Gasteiger partial charge in [0.2, 0.25) is 0 Å². The summed E-state index contributed by atoms with van der Waals surface area (Å²) in [6, 6.07) is 0.928. The largest absolute Gasteiger partial charge is 0.398 e. The second-order valence-corrected chi connectivity index (χ2v) is 7.08. The zero-order chi connectivity index (χ0) is 11.0. The number of nitrogens with two attached hydrogens (primary N) is 1. The Hall–Kier alpha value is -0.233. The van der Waals surface area contributed by atoms with Gasteiger partial charge in [0.05, 0.1) is 6.54 Å². The molecule has 0 aliphatic rings. The van der Waals surface area contributed by atoms with Crippen LogP contribution in [0.2, 0.25) is 12.6 Å². The maximum atomic E-state index is 10.9. The van der Waals surface area contributed by atoms with Gasteiger partial charge in [0.25, 0.3) is 0 Å². The number of hydrogen-bond donors (Lipinski definition) is 1. The maximum absolute atomic E-state index is 10.9. The van der Waals surface area contributed by atoms with Gasteiger partial charge in [0, 0.05) is 20.6 Å². The van der Waals surface area contributed by atoms with E-state index in [1.807, 2.05) is 6.55 Å². The summed E-state index contributed by atoms with van der Waals surface area (Å²) in [7, 11) is 1.44. The SMILES string of the molecule is CO[Si](C)(CCCCC(=O)CN)OC. The lowest BCUT2D eigenvalue weighted by Crippen LogP contribution is -2.35. The van der Waals surface area contributed by atoms with Gasteiger partial charge in [-0.2, -0.15) is 0 Å². The van der Waals surface area contributed by atoms with Crippen LogP contribution in [0.3, 0.4) is 0 Å². The van der Waals surface area contributed by atoms with E-state index in [4.69, 9.17) is 14.6 Å². The number of carbonyl (C=O) groups excluding carboxylic acids is 1. The van der Waals surface area contributed by atoms with E-state index in [1.165, 1.54) is 0 Å². The van der Waals surface area contributed by atoms with Crippen molar-refractivity contribution in [2.45, 2.75) is 31.9 Å². The van der Waals surface area contributed by atoms with Gasteiger partial charge >= 0.3 is 8.56 Å². The minimum atomic E-state index is -1.92. The Labute approximate surface area is 87.0 Å². The molecule has 0 unspecified atom stereocenters. The van der Waals surface area contributed by atoms with E-state index in [9.17, 15) is 4.79 Å². The molecule has 0 aromatic rings. The molecule has 0 radical (unpaired) electrons. The monoisotopic (exact) mass is 219 g/mol. The number of hydrogen-bond acceptors (Lipinski definition) is 4. The molecule has 2 N–H and O–H groups in total. The summed E-state index contributed by atoms with van der Waals surface area (Å²) >= 11 is 0. The Morgan fingerprint density at radius 1 is 1.29 bits per heavy atom. The van der Waals surface area contributed by atoms with Gasteiger partial charge in [-0.15, -0.1) is 0 Å². The minimum Gasteiger partial charge on any atom is -0.398 e. The molecular weight excluding hydrogens is 198 g/mol. The summed E-state index contributed by atoms with van der Waals surface area (Å²) in [6.07, 6.45) is 2.43. The van der Waals surface area contributed by atoms with Crippen molar-refractivity contribution < 1.29 is 13.6 Å². The van der Waals surface area contributed by atoms with Crippen LogP contribution in [0.1, 0.15) is 19.3 Å². The van der Waals surface area contributed by atoms with Crippen LogP contribution in [-0.2, 0) is 13.6 Å². The third-order valence-corrected chi connectivity index (χ3v) is 5.42. The van der Waals surface area contributed by atoms with Crippen molar-refractivity contribution >= 4 is 14.3 Å². The molecule has 0 fully saturated rings. The molecule has 14 heavy (non-hydrogen) atoms. The molecular formula is C9H21NO3Si. The molecule has 84 valence electrons. The van der Waals surface area contributed by atoms with Gasteiger partial charge in [0.1, 0.15) is 5.78 Å². The topological polar surface area (TPSA) is 61.5 Å². The van der Waals surface area contributed by atoms with Crippen molar-refractivity contribution in [3.63, 3.8) is 0 Å². The Morgan fingerprint density at radius 2 is 1.86 bits per heavy atom. The Balaban J connectivity index is 3.57. The van der Waals surface area contributed by atoms with Crippen molar-refractivity contribution in [1.82, 2.24) is 0 Å². The third kappa shape index (κ3) is 5.49. The normalized spacial score (nSPS) is 11.7. The molecule has 0 aliphatic carbocycles. The van der Waals surface area contributed by atoms with Gasteiger partial charge < -0.3 is 14.6 Å². The maximum Gasteiger partial charge on any atom is 0.334 e. The van der Waals surface area contributed by atoms with Crippen molar-refractivity contribution in [3.8, 4) is 0 Å². The molecule has 0 rings (SSSR count).